The van der Waals surface area contributed by atoms with E-state index in [2.05, 4.69) is 5.32 Å². The summed E-state index contributed by atoms with van der Waals surface area (Å²) in [7, 11) is 0. The standard InChI is InChI=1S/C16H14N2O2S/c1-10-3-6-12(7-4-10)18-16(20)13(9-17)15(19)14-8-5-11(2)21-14/h3-8,13H,1-2H3,(H,18,20)/t13-/m1/s1. The van der Waals surface area contributed by atoms with Gasteiger partial charge >= 0.3 is 0 Å². The van der Waals surface area contributed by atoms with Crippen molar-refractivity contribution in [2.75, 3.05) is 5.32 Å². The van der Waals surface area contributed by atoms with E-state index in [-0.39, 0.29) is 0 Å². The quantitative estimate of drug-likeness (QED) is 0.695. The molecular formula is C16H14N2O2S. The fourth-order valence-corrected chi connectivity index (χ4v) is 2.63. The van der Waals surface area contributed by atoms with E-state index < -0.39 is 17.6 Å². The molecule has 0 aliphatic heterocycles. The van der Waals surface area contributed by atoms with Gasteiger partial charge < -0.3 is 5.32 Å². The number of carbonyl (C=O) groups excluding carboxylic acids is 2. The first kappa shape index (κ1) is 14.9. The SMILES string of the molecule is Cc1ccc(NC(=O)[C@H](C#N)C(=O)c2ccc(C)s2)cc1. The van der Waals surface area contributed by atoms with Gasteiger partial charge in [0.15, 0.2) is 11.7 Å². The molecule has 0 saturated carbocycles. The van der Waals surface area contributed by atoms with Crippen molar-refractivity contribution < 1.29 is 9.59 Å². The monoisotopic (exact) mass is 298 g/mol. The number of carbonyl (C=O) groups is 2. The van der Waals surface area contributed by atoms with Gasteiger partial charge in [-0.1, -0.05) is 17.7 Å². The van der Waals surface area contributed by atoms with Gasteiger partial charge in [-0.15, -0.1) is 11.3 Å². The van der Waals surface area contributed by atoms with Gasteiger partial charge in [-0.05, 0) is 38.1 Å². The van der Waals surface area contributed by atoms with Crippen LogP contribution in [-0.2, 0) is 4.79 Å². The van der Waals surface area contributed by atoms with E-state index in [9.17, 15) is 9.59 Å². The van der Waals surface area contributed by atoms with E-state index in [1.54, 1.807) is 30.3 Å². The Kier molecular flexibility index (Phi) is 4.51. The van der Waals surface area contributed by atoms with Crippen LogP contribution >= 0.6 is 11.3 Å². The van der Waals surface area contributed by atoms with Gasteiger partial charge in [-0.2, -0.15) is 5.26 Å². The maximum atomic E-state index is 12.2. The summed E-state index contributed by atoms with van der Waals surface area (Å²) in [6.45, 7) is 3.81. The molecule has 0 spiro atoms. The Hall–Kier alpha value is -2.45. The summed E-state index contributed by atoms with van der Waals surface area (Å²) in [4.78, 5) is 25.7. The van der Waals surface area contributed by atoms with Gasteiger partial charge in [0.05, 0.1) is 10.9 Å². The lowest BCUT2D eigenvalue weighted by atomic mass is 10.0. The van der Waals surface area contributed by atoms with Crippen molar-refractivity contribution >= 4 is 28.7 Å². The van der Waals surface area contributed by atoms with Crippen molar-refractivity contribution in [2.24, 2.45) is 5.92 Å². The number of hydrogen-bond acceptors (Lipinski definition) is 4. The number of thiophene rings is 1. The van der Waals surface area contributed by atoms with Crippen molar-refractivity contribution in [3.63, 3.8) is 0 Å². The minimum absolute atomic E-state index is 0.429. The number of rotatable bonds is 4. The molecule has 21 heavy (non-hydrogen) atoms. The molecule has 0 fully saturated rings. The number of anilines is 1. The van der Waals surface area contributed by atoms with Gasteiger partial charge in [-0.3, -0.25) is 9.59 Å². The van der Waals surface area contributed by atoms with E-state index in [1.807, 2.05) is 26.0 Å². The highest BCUT2D eigenvalue weighted by Crippen LogP contribution is 2.20. The minimum atomic E-state index is -1.33. The summed E-state index contributed by atoms with van der Waals surface area (Å²) < 4.78 is 0. The molecule has 0 saturated heterocycles. The van der Waals surface area contributed by atoms with Gasteiger partial charge in [0, 0.05) is 10.6 Å². The van der Waals surface area contributed by atoms with Gasteiger partial charge in [0.2, 0.25) is 5.91 Å². The number of amides is 1. The molecule has 106 valence electrons. The highest BCUT2D eigenvalue weighted by atomic mass is 32.1. The van der Waals surface area contributed by atoms with Crippen LogP contribution in [0.1, 0.15) is 20.1 Å². The summed E-state index contributed by atoms with van der Waals surface area (Å²) in [5.74, 6) is -2.39. The normalized spacial score (nSPS) is 11.5. The molecule has 1 amide bonds. The summed E-state index contributed by atoms with van der Waals surface area (Å²) in [6.07, 6.45) is 0. The Morgan fingerprint density at radius 2 is 1.81 bits per heavy atom. The van der Waals surface area contributed by atoms with Gasteiger partial charge in [0.1, 0.15) is 0 Å². The lowest BCUT2D eigenvalue weighted by Crippen LogP contribution is -2.28. The maximum Gasteiger partial charge on any atom is 0.249 e. The zero-order valence-electron chi connectivity index (χ0n) is 11.7. The van der Waals surface area contributed by atoms with Crippen molar-refractivity contribution in [2.45, 2.75) is 13.8 Å². The fourth-order valence-electron chi connectivity index (χ4n) is 1.80. The molecule has 5 heteroatoms. The van der Waals surface area contributed by atoms with Crippen LogP contribution in [0, 0.1) is 31.1 Å². The fraction of sp³-hybridized carbons (Fsp3) is 0.188. The number of benzene rings is 1. The molecule has 2 rings (SSSR count). The molecular weight excluding hydrogens is 284 g/mol. The Bertz CT molecular complexity index is 711. The van der Waals surface area contributed by atoms with E-state index >= 15 is 0 Å². The van der Waals surface area contributed by atoms with E-state index in [0.29, 0.717) is 10.6 Å². The molecule has 1 aromatic heterocycles. The second kappa shape index (κ2) is 6.33. The molecule has 1 heterocycles. The Balaban J connectivity index is 2.14. The molecule has 0 bridgehead atoms. The topological polar surface area (TPSA) is 70.0 Å². The molecule has 1 N–H and O–H groups in total. The Morgan fingerprint density at radius 3 is 2.33 bits per heavy atom. The van der Waals surface area contributed by atoms with Crippen molar-refractivity contribution in [1.29, 1.82) is 5.26 Å². The van der Waals surface area contributed by atoms with Crippen LogP contribution in [0.3, 0.4) is 0 Å². The lowest BCUT2D eigenvalue weighted by molar-refractivity contribution is -0.117. The highest BCUT2D eigenvalue weighted by Gasteiger charge is 2.28. The minimum Gasteiger partial charge on any atom is -0.325 e. The number of Topliss-reactive ketones (excluding diaryl/α,β-unsaturated/α-hetero) is 1. The Labute approximate surface area is 127 Å². The zero-order valence-corrected chi connectivity index (χ0v) is 12.5. The van der Waals surface area contributed by atoms with E-state index in [4.69, 9.17) is 5.26 Å². The molecule has 0 aliphatic rings. The van der Waals surface area contributed by atoms with Gasteiger partial charge in [-0.25, -0.2) is 0 Å². The smallest absolute Gasteiger partial charge is 0.249 e. The molecule has 4 nitrogen and oxygen atoms in total. The molecule has 2 aromatic rings. The number of nitrogens with one attached hydrogen (secondary N) is 1. The van der Waals surface area contributed by atoms with Crippen molar-refractivity contribution in [3.05, 3.63) is 51.7 Å². The summed E-state index contributed by atoms with van der Waals surface area (Å²) in [5.41, 5.74) is 1.64. The number of hydrogen-bond donors (Lipinski definition) is 1. The predicted octanol–water partition coefficient (Wildman–Crippen LogP) is 3.33. The third-order valence-electron chi connectivity index (χ3n) is 2.96. The first-order valence-electron chi connectivity index (χ1n) is 6.39. The second-order valence-corrected chi connectivity index (χ2v) is 5.98. The zero-order chi connectivity index (χ0) is 15.4. The van der Waals surface area contributed by atoms with E-state index in [1.165, 1.54) is 11.3 Å². The maximum absolute atomic E-state index is 12.2. The summed E-state index contributed by atoms with van der Waals surface area (Å²) >= 11 is 1.28. The predicted molar refractivity (Wildman–Crippen MR) is 82.3 cm³/mol. The third kappa shape index (κ3) is 3.56. The van der Waals surface area contributed by atoms with Gasteiger partial charge in [0.25, 0.3) is 0 Å². The molecule has 1 atom stereocenters. The Morgan fingerprint density at radius 1 is 1.14 bits per heavy atom. The number of nitriles is 1. The van der Waals surface area contributed by atoms with Crippen LogP contribution in [-0.4, -0.2) is 11.7 Å². The average molecular weight is 298 g/mol. The largest absolute Gasteiger partial charge is 0.325 e. The molecule has 0 unspecified atom stereocenters. The third-order valence-corrected chi connectivity index (χ3v) is 3.97. The molecule has 0 radical (unpaired) electrons. The first-order chi connectivity index (χ1) is 10.0. The van der Waals surface area contributed by atoms with Crippen LogP contribution in [0.15, 0.2) is 36.4 Å². The molecule has 0 aliphatic carbocycles. The lowest BCUT2D eigenvalue weighted by Gasteiger charge is -2.09. The van der Waals surface area contributed by atoms with Crippen LogP contribution in [0.5, 0.6) is 0 Å². The summed E-state index contributed by atoms with van der Waals surface area (Å²) in [6, 6.07) is 12.4. The van der Waals surface area contributed by atoms with E-state index in [0.717, 1.165) is 10.4 Å². The number of aryl methyl sites for hydroxylation is 2. The number of ketones is 1. The van der Waals surface area contributed by atoms with Crippen LogP contribution < -0.4 is 5.32 Å². The highest BCUT2D eigenvalue weighted by molar-refractivity contribution is 7.14. The van der Waals surface area contributed by atoms with Crippen molar-refractivity contribution in [1.82, 2.24) is 0 Å². The first-order valence-corrected chi connectivity index (χ1v) is 7.20. The summed E-state index contributed by atoms with van der Waals surface area (Å²) in [5, 5.41) is 11.7. The van der Waals surface area contributed by atoms with Crippen molar-refractivity contribution in [3.8, 4) is 6.07 Å². The van der Waals surface area contributed by atoms with Crippen LogP contribution in [0.25, 0.3) is 0 Å². The molecule has 1 aromatic carbocycles. The van der Waals surface area contributed by atoms with Crippen LogP contribution in [0.4, 0.5) is 5.69 Å². The average Bonchev–Trinajstić information content (AvgIpc) is 2.89. The number of nitrogens with zero attached hydrogens (tertiary/aromatic N) is 1. The van der Waals surface area contributed by atoms with Crippen LogP contribution in [0.2, 0.25) is 0 Å². The second-order valence-electron chi connectivity index (χ2n) is 4.69.